The Morgan fingerprint density at radius 1 is 1.31 bits per heavy atom. The predicted molar refractivity (Wildman–Crippen MR) is 121 cm³/mol. The third-order valence-electron chi connectivity index (χ3n) is 5.59. The van der Waals surface area contributed by atoms with Crippen molar-refractivity contribution in [2.75, 3.05) is 5.32 Å². The number of pyridine rings is 1. The van der Waals surface area contributed by atoms with Crippen LogP contribution in [0.2, 0.25) is 0 Å². The quantitative estimate of drug-likeness (QED) is 0.502. The largest absolute Gasteiger partial charge is 0.430 e. The van der Waals surface area contributed by atoms with Crippen molar-refractivity contribution in [1.82, 2.24) is 19.5 Å². The fourth-order valence-electron chi connectivity index (χ4n) is 4.11. The summed E-state index contributed by atoms with van der Waals surface area (Å²) in [4.78, 5) is 38.7. The summed E-state index contributed by atoms with van der Waals surface area (Å²) in [6, 6.07) is 0. The van der Waals surface area contributed by atoms with Crippen molar-refractivity contribution in [3.8, 4) is 0 Å². The van der Waals surface area contributed by atoms with E-state index in [2.05, 4.69) is 29.1 Å². The number of ether oxygens (including phenoxy) is 1. The molecule has 1 N–H and O–H groups in total. The van der Waals surface area contributed by atoms with Gasteiger partial charge in [0.15, 0.2) is 5.13 Å². The number of fused-ring (bicyclic) bond motifs is 5. The monoisotopic (exact) mass is 453 g/mol. The highest BCUT2D eigenvalue weighted by Gasteiger charge is 2.33. The maximum Gasteiger partial charge on any atom is 0.297 e. The number of carbonyl (C=O) groups is 1. The SMILES string of the molecule is CC(C)c1nc2oc3c(=O)n(CC(=O)Nc4nccs4)cnc3c2c2c1COC(C)(C)C2. The normalized spacial score (nSPS) is 15.4. The highest BCUT2D eigenvalue weighted by Crippen LogP contribution is 2.39. The van der Waals surface area contributed by atoms with E-state index in [4.69, 9.17) is 14.1 Å². The Labute approximate surface area is 187 Å². The van der Waals surface area contributed by atoms with Gasteiger partial charge in [-0.25, -0.2) is 15.0 Å². The fraction of sp³-hybridized carbons (Fsp3) is 0.409. The molecular formula is C22H23N5O4S. The molecule has 9 nitrogen and oxygen atoms in total. The van der Waals surface area contributed by atoms with Crippen LogP contribution in [0, 0.1) is 0 Å². The van der Waals surface area contributed by atoms with Gasteiger partial charge in [-0.1, -0.05) is 13.8 Å². The van der Waals surface area contributed by atoms with Crippen LogP contribution in [-0.4, -0.2) is 31.0 Å². The molecule has 1 amide bonds. The van der Waals surface area contributed by atoms with E-state index in [0.717, 1.165) is 22.2 Å². The summed E-state index contributed by atoms with van der Waals surface area (Å²) in [6.45, 7) is 8.50. The molecule has 0 bridgehead atoms. The number of furan rings is 1. The van der Waals surface area contributed by atoms with Gasteiger partial charge in [-0.3, -0.25) is 14.2 Å². The van der Waals surface area contributed by atoms with E-state index in [1.54, 1.807) is 11.6 Å². The van der Waals surface area contributed by atoms with Gasteiger partial charge in [0, 0.05) is 23.6 Å². The number of rotatable bonds is 4. The van der Waals surface area contributed by atoms with Crippen molar-refractivity contribution in [2.45, 2.75) is 58.8 Å². The smallest absolute Gasteiger partial charge is 0.297 e. The zero-order chi connectivity index (χ0) is 22.6. The Morgan fingerprint density at radius 3 is 2.84 bits per heavy atom. The molecule has 0 spiro atoms. The summed E-state index contributed by atoms with van der Waals surface area (Å²) in [5, 5.41) is 5.66. The van der Waals surface area contributed by atoms with Crippen LogP contribution in [0.5, 0.6) is 0 Å². The average Bonchev–Trinajstić information content (AvgIpc) is 3.36. The Balaban J connectivity index is 1.63. The van der Waals surface area contributed by atoms with E-state index in [1.807, 2.05) is 13.8 Å². The first-order valence-corrected chi connectivity index (χ1v) is 11.3. The highest BCUT2D eigenvalue weighted by atomic mass is 32.1. The number of aromatic nitrogens is 4. The van der Waals surface area contributed by atoms with Crippen LogP contribution in [0.4, 0.5) is 5.13 Å². The fourth-order valence-corrected chi connectivity index (χ4v) is 4.66. The molecule has 0 fully saturated rings. The van der Waals surface area contributed by atoms with Crippen molar-refractivity contribution in [3.63, 3.8) is 0 Å². The minimum Gasteiger partial charge on any atom is -0.430 e. The molecule has 1 aliphatic rings. The van der Waals surface area contributed by atoms with E-state index in [0.29, 0.717) is 29.4 Å². The van der Waals surface area contributed by atoms with Gasteiger partial charge in [-0.05, 0) is 25.3 Å². The molecule has 1 aliphatic heterocycles. The van der Waals surface area contributed by atoms with Crippen molar-refractivity contribution in [1.29, 1.82) is 0 Å². The van der Waals surface area contributed by atoms with Gasteiger partial charge in [-0.2, -0.15) is 0 Å². The lowest BCUT2D eigenvalue weighted by molar-refractivity contribution is -0.116. The molecule has 0 radical (unpaired) electrons. The molecule has 0 aliphatic carbocycles. The average molecular weight is 454 g/mol. The van der Waals surface area contributed by atoms with Gasteiger partial charge < -0.3 is 14.5 Å². The molecule has 0 saturated heterocycles. The van der Waals surface area contributed by atoms with Crippen LogP contribution in [0.1, 0.15) is 50.4 Å². The van der Waals surface area contributed by atoms with E-state index in [1.165, 1.54) is 22.2 Å². The van der Waals surface area contributed by atoms with Crippen molar-refractivity contribution in [3.05, 3.63) is 45.1 Å². The van der Waals surface area contributed by atoms with Crippen molar-refractivity contribution < 1.29 is 13.9 Å². The standard InChI is InChI=1S/C22H23N5O4S/c1-11(2)16-13-9-30-22(3,4)7-12(13)15-17-18(31-19(15)26-16)20(29)27(10-24-17)8-14(28)25-21-23-5-6-32-21/h5-6,10-11H,7-9H2,1-4H3,(H,23,25,28). The number of amides is 1. The lowest BCUT2D eigenvalue weighted by Crippen LogP contribution is -2.33. The number of hydrogen-bond acceptors (Lipinski definition) is 8. The molecule has 5 heterocycles. The zero-order valence-corrected chi connectivity index (χ0v) is 19.1. The van der Waals surface area contributed by atoms with E-state index < -0.39 is 5.56 Å². The third-order valence-corrected chi connectivity index (χ3v) is 6.28. The second kappa shape index (κ2) is 7.49. The number of hydrogen-bond donors (Lipinski definition) is 1. The first-order chi connectivity index (χ1) is 15.2. The number of thiazole rings is 1. The minimum atomic E-state index is -0.423. The maximum absolute atomic E-state index is 13.1. The summed E-state index contributed by atoms with van der Waals surface area (Å²) < 4.78 is 13.2. The molecule has 166 valence electrons. The van der Waals surface area contributed by atoms with E-state index in [-0.39, 0.29) is 29.6 Å². The van der Waals surface area contributed by atoms with Crippen molar-refractivity contribution >= 4 is 44.6 Å². The molecule has 5 rings (SSSR count). The molecule has 4 aromatic rings. The predicted octanol–water partition coefficient (Wildman–Crippen LogP) is 3.61. The Hall–Kier alpha value is -3.11. The Kier molecular flexibility index (Phi) is 4.86. The molecule has 0 aromatic carbocycles. The van der Waals surface area contributed by atoms with Crippen LogP contribution in [-0.2, 0) is 29.1 Å². The van der Waals surface area contributed by atoms with Gasteiger partial charge in [0.2, 0.25) is 17.2 Å². The number of carbonyl (C=O) groups excluding carboxylic acids is 1. The molecular weight excluding hydrogens is 430 g/mol. The summed E-state index contributed by atoms with van der Waals surface area (Å²) in [6.07, 6.45) is 3.64. The van der Waals surface area contributed by atoms with Crippen LogP contribution in [0.15, 0.2) is 27.1 Å². The van der Waals surface area contributed by atoms with Crippen LogP contribution in [0.25, 0.3) is 22.2 Å². The van der Waals surface area contributed by atoms with Crippen LogP contribution in [0.3, 0.4) is 0 Å². The minimum absolute atomic E-state index is 0.101. The number of anilines is 1. The lowest BCUT2D eigenvalue weighted by atomic mass is 9.87. The third kappa shape index (κ3) is 3.49. The first-order valence-electron chi connectivity index (χ1n) is 10.4. The zero-order valence-electron chi connectivity index (χ0n) is 18.3. The van der Waals surface area contributed by atoms with Gasteiger partial charge in [0.1, 0.15) is 12.1 Å². The lowest BCUT2D eigenvalue weighted by Gasteiger charge is -2.33. The van der Waals surface area contributed by atoms with Gasteiger partial charge >= 0.3 is 0 Å². The Morgan fingerprint density at radius 2 is 2.12 bits per heavy atom. The van der Waals surface area contributed by atoms with E-state index >= 15 is 0 Å². The highest BCUT2D eigenvalue weighted by molar-refractivity contribution is 7.13. The second-order valence-corrected chi connectivity index (χ2v) is 9.75. The van der Waals surface area contributed by atoms with Gasteiger partial charge in [0.05, 0.1) is 29.6 Å². The second-order valence-electron chi connectivity index (χ2n) is 8.86. The number of nitrogens with one attached hydrogen (secondary N) is 1. The topological polar surface area (TPSA) is 112 Å². The molecule has 0 atom stereocenters. The van der Waals surface area contributed by atoms with Crippen LogP contribution < -0.4 is 10.9 Å². The summed E-state index contributed by atoms with van der Waals surface area (Å²) >= 11 is 1.30. The van der Waals surface area contributed by atoms with Gasteiger partial charge in [-0.15, -0.1) is 11.3 Å². The van der Waals surface area contributed by atoms with E-state index in [9.17, 15) is 9.59 Å². The summed E-state index contributed by atoms with van der Waals surface area (Å²) in [7, 11) is 0. The molecule has 10 heteroatoms. The van der Waals surface area contributed by atoms with Crippen molar-refractivity contribution in [2.24, 2.45) is 0 Å². The maximum atomic E-state index is 13.1. The molecule has 0 unspecified atom stereocenters. The van der Waals surface area contributed by atoms with Crippen LogP contribution >= 0.6 is 11.3 Å². The summed E-state index contributed by atoms with van der Waals surface area (Å²) in [5.41, 5.74) is 3.22. The van der Waals surface area contributed by atoms with Gasteiger partial charge in [0.25, 0.3) is 5.56 Å². The molecule has 0 saturated carbocycles. The molecule has 4 aromatic heterocycles. The number of nitrogens with zero attached hydrogens (tertiary/aromatic N) is 4. The molecule has 32 heavy (non-hydrogen) atoms. The Bertz CT molecular complexity index is 1400. The first kappa shape index (κ1) is 20.8. The summed E-state index contributed by atoms with van der Waals surface area (Å²) in [5.74, 6) is -0.193.